The molecule has 0 fully saturated rings. The second-order valence-electron chi connectivity index (χ2n) is 3.77. The molecule has 1 N–H and O–H groups in total. The molecule has 3 aromatic rings. The molecule has 0 aliphatic carbocycles. The van der Waals surface area contributed by atoms with Crippen LogP contribution >= 0.6 is 11.3 Å². The molecule has 2 aromatic heterocycles. The van der Waals surface area contributed by atoms with E-state index in [1.807, 2.05) is 30.3 Å². The molecule has 0 amide bonds. The van der Waals surface area contributed by atoms with Crippen molar-refractivity contribution in [2.24, 2.45) is 0 Å². The highest BCUT2D eigenvalue weighted by molar-refractivity contribution is 7.17. The van der Waals surface area contributed by atoms with Crippen LogP contribution in [0.25, 0.3) is 21.3 Å². The monoisotopic (exact) mass is 258 g/mol. The van der Waals surface area contributed by atoms with E-state index >= 15 is 0 Å². The first-order valence-electron chi connectivity index (χ1n) is 5.41. The van der Waals surface area contributed by atoms with E-state index in [0.29, 0.717) is 5.39 Å². The average molecular weight is 258 g/mol. The molecule has 0 unspecified atom stereocenters. The van der Waals surface area contributed by atoms with Gasteiger partial charge in [-0.2, -0.15) is 5.10 Å². The second kappa shape index (κ2) is 4.27. The molecule has 0 radical (unpaired) electrons. The maximum Gasteiger partial charge on any atom is 0.272 e. The fraction of sp³-hybridized carbons (Fsp3) is 0.0769. The summed E-state index contributed by atoms with van der Waals surface area (Å²) in [5, 5.41) is 8.99. The maximum atomic E-state index is 11.7. The minimum absolute atomic E-state index is 0.169. The lowest BCUT2D eigenvalue weighted by Crippen LogP contribution is -2.08. The van der Waals surface area contributed by atoms with Crippen molar-refractivity contribution in [1.82, 2.24) is 10.2 Å². The predicted octanol–water partition coefficient (Wildman–Crippen LogP) is 2.66. The summed E-state index contributed by atoms with van der Waals surface area (Å²) in [6, 6.07) is 11.3. The molecule has 0 bridgehead atoms. The van der Waals surface area contributed by atoms with E-state index in [0.717, 1.165) is 21.0 Å². The highest BCUT2D eigenvalue weighted by Crippen LogP contribution is 2.34. The minimum Gasteiger partial charge on any atom is -0.487 e. The van der Waals surface area contributed by atoms with Gasteiger partial charge in [0.15, 0.2) is 5.06 Å². The molecule has 0 aliphatic rings. The molecule has 0 saturated heterocycles. The van der Waals surface area contributed by atoms with Crippen LogP contribution in [-0.4, -0.2) is 17.3 Å². The smallest absolute Gasteiger partial charge is 0.272 e. The fourth-order valence-corrected chi connectivity index (χ4v) is 2.68. The highest BCUT2D eigenvalue weighted by atomic mass is 32.1. The Morgan fingerprint density at radius 1 is 1.17 bits per heavy atom. The zero-order valence-corrected chi connectivity index (χ0v) is 10.5. The van der Waals surface area contributed by atoms with Gasteiger partial charge in [-0.1, -0.05) is 29.5 Å². The van der Waals surface area contributed by atoms with Crippen molar-refractivity contribution in [1.29, 1.82) is 0 Å². The Morgan fingerprint density at radius 3 is 2.67 bits per heavy atom. The lowest BCUT2D eigenvalue weighted by atomic mass is 10.1. The van der Waals surface area contributed by atoms with E-state index in [-0.39, 0.29) is 5.56 Å². The summed E-state index contributed by atoms with van der Waals surface area (Å²) in [7, 11) is 1.63. The molecule has 4 nitrogen and oxygen atoms in total. The highest BCUT2D eigenvalue weighted by Gasteiger charge is 2.10. The van der Waals surface area contributed by atoms with Crippen molar-refractivity contribution < 1.29 is 4.74 Å². The number of hydrogen-bond donors (Lipinski definition) is 1. The third-order valence-corrected chi connectivity index (χ3v) is 3.77. The minimum atomic E-state index is -0.169. The molecule has 0 saturated carbocycles. The van der Waals surface area contributed by atoms with Gasteiger partial charge in [-0.15, -0.1) is 0 Å². The van der Waals surface area contributed by atoms with Gasteiger partial charge in [0, 0.05) is 5.39 Å². The maximum absolute atomic E-state index is 11.7. The van der Waals surface area contributed by atoms with Gasteiger partial charge in [0.1, 0.15) is 5.69 Å². The van der Waals surface area contributed by atoms with Gasteiger partial charge in [0.25, 0.3) is 5.56 Å². The molecule has 0 spiro atoms. The number of aromatic nitrogens is 2. The van der Waals surface area contributed by atoms with Gasteiger partial charge in [-0.3, -0.25) is 4.79 Å². The zero-order valence-electron chi connectivity index (χ0n) is 9.64. The normalized spacial score (nSPS) is 10.7. The Hall–Kier alpha value is -2.14. The number of hydrogen-bond acceptors (Lipinski definition) is 4. The van der Waals surface area contributed by atoms with E-state index < -0.39 is 0 Å². The van der Waals surface area contributed by atoms with E-state index in [2.05, 4.69) is 10.2 Å². The molecule has 2 heterocycles. The molecule has 0 aliphatic heterocycles. The van der Waals surface area contributed by atoms with Gasteiger partial charge >= 0.3 is 0 Å². The van der Waals surface area contributed by atoms with Crippen molar-refractivity contribution in [3.05, 3.63) is 46.8 Å². The molecular formula is C13H10N2O2S. The van der Waals surface area contributed by atoms with Crippen LogP contribution in [0.3, 0.4) is 0 Å². The lowest BCUT2D eigenvalue weighted by Gasteiger charge is -2.01. The Bertz CT molecular complexity index is 761. The molecule has 90 valence electrons. The zero-order chi connectivity index (χ0) is 12.5. The second-order valence-corrected chi connectivity index (χ2v) is 4.82. The summed E-state index contributed by atoms with van der Waals surface area (Å²) in [6.07, 6.45) is 0. The summed E-state index contributed by atoms with van der Waals surface area (Å²) in [5.41, 5.74) is 0.608. The van der Waals surface area contributed by atoms with Gasteiger partial charge in [0.05, 0.1) is 17.4 Å². The first kappa shape index (κ1) is 11.0. The standard InChI is InChI=1S/C13H10N2O2S/c1-17-11-7-6-10(18-11)12-8-4-2-3-5-9(8)13(16)15-14-12/h2-7H,1H3,(H,15,16). The average Bonchev–Trinajstić information content (AvgIpc) is 2.88. The Kier molecular flexibility index (Phi) is 2.60. The number of nitrogens with zero attached hydrogens (tertiary/aromatic N) is 1. The van der Waals surface area contributed by atoms with Crippen molar-refractivity contribution in [2.75, 3.05) is 7.11 Å². The van der Waals surface area contributed by atoms with E-state index in [1.54, 1.807) is 13.2 Å². The topological polar surface area (TPSA) is 55.0 Å². The van der Waals surface area contributed by atoms with E-state index in [1.165, 1.54) is 11.3 Å². The van der Waals surface area contributed by atoms with Crippen LogP contribution < -0.4 is 10.3 Å². The molecule has 18 heavy (non-hydrogen) atoms. The first-order chi connectivity index (χ1) is 8.79. The van der Waals surface area contributed by atoms with Crippen molar-refractivity contribution in [3.63, 3.8) is 0 Å². The van der Waals surface area contributed by atoms with Crippen LogP contribution in [0.15, 0.2) is 41.2 Å². The van der Waals surface area contributed by atoms with Gasteiger partial charge < -0.3 is 4.74 Å². The summed E-state index contributed by atoms with van der Waals surface area (Å²) in [6.45, 7) is 0. The summed E-state index contributed by atoms with van der Waals surface area (Å²) < 4.78 is 5.17. The van der Waals surface area contributed by atoms with Gasteiger partial charge in [0.2, 0.25) is 0 Å². The van der Waals surface area contributed by atoms with Crippen LogP contribution in [0, 0.1) is 0 Å². The van der Waals surface area contributed by atoms with Gasteiger partial charge in [-0.25, -0.2) is 5.10 Å². The number of nitrogens with one attached hydrogen (secondary N) is 1. The van der Waals surface area contributed by atoms with E-state index in [4.69, 9.17) is 4.74 Å². The largest absolute Gasteiger partial charge is 0.487 e. The quantitative estimate of drug-likeness (QED) is 0.768. The third kappa shape index (κ3) is 1.69. The lowest BCUT2D eigenvalue weighted by molar-refractivity contribution is 0.427. The summed E-state index contributed by atoms with van der Waals surface area (Å²) >= 11 is 1.50. The third-order valence-electron chi connectivity index (χ3n) is 2.71. The SMILES string of the molecule is COc1ccc(-c2n[nH]c(=O)c3ccccc23)s1. The molecule has 1 aromatic carbocycles. The number of ether oxygens (including phenoxy) is 1. The first-order valence-corrected chi connectivity index (χ1v) is 6.23. The number of thiophene rings is 1. The number of H-pyrrole nitrogens is 1. The van der Waals surface area contributed by atoms with Crippen LogP contribution in [0.4, 0.5) is 0 Å². The summed E-state index contributed by atoms with van der Waals surface area (Å²) in [4.78, 5) is 12.7. The Balaban J connectivity index is 2.29. The Labute approximate surface area is 107 Å². The number of rotatable bonds is 2. The predicted molar refractivity (Wildman–Crippen MR) is 72.2 cm³/mol. The number of benzene rings is 1. The van der Waals surface area contributed by atoms with Crippen molar-refractivity contribution >= 4 is 22.1 Å². The molecular weight excluding hydrogens is 248 g/mol. The van der Waals surface area contributed by atoms with E-state index in [9.17, 15) is 4.79 Å². The Morgan fingerprint density at radius 2 is 1.94 bits per heavy atom. The molecule has 0 atom stereocenters. The van der Waals surface area contributed by atoms with Gasteiger partial charge in [-0.05, 0) is 18.2 Å². The summed E-state index contributed by atoms with van der Waals surface area (Å²) in [5.74, 6) is 0. The van der Waals surface area contributed by atoms with Crippen molar-refractivity contribution in [3.8, 4) is 15.6 Å². The van der Waals surface area contributed by atoms with Crippen LogP contribution in [0.1, 0.15) is 0 Å². The number of methoxy groups -OCH3 is 1. The molecule has 5 heteroatoms. The van der Waals surface area contributed by atoms with Crippen LogP contribution in [0.2, 0.25) is 0 Å². The van der Waals surface area contributed by atoms with Crippen molar-refractivity contribution in [2.45, 2.75) is 0 Å². The molecule has 3 rings (SSSR count). The number of fused-ring (bicyclic) bond motifs is 1. The fourth-order valence-electron chi connectivity index (χ4n) is 1.86. The van der Waals surface area contributed by atoms with Crippen LogP contribution in [0.5, 0.6) is 5.06 Å². The van der Waals surface area contributed by atoms with Crippen LogP contribution in [-0.2, 0) is 0 Å². The number of aromatic amines is 1.